The predicted octanol–water partition coefficient (Wildman–Crippen LogP) is -2.93. The third-order valence-electron chi connectivity index (χ3n) is 2.02. The van der Waals surface area contributed by atoms with Crippen molar-refractivity contribution in [1.29, 1.82) is 0 Å². The molecular weight excluding hydrogens is 380 g/mol. The molecule has 0 nitrogen and oxygen atoms in total. The van der Waals surface area contributed by atoms with Crippen molar-refractivity contribution in [2.24, 2.45) is 0 Å². The summed E-state index contributed by atoms with van der Waals surface area (Å²) in [7, 11) is 0. The molecule has 0 aliphatic carbocycles. The molecule has 0 aromatic heterocycles. The summed E-state index contributed by atoms with van der Waals surface area (Å²) in [6, 6.07) is 14.2. The third-order valence-corrected chi connectivity index (χ3v) is 2.48. The van der Waals surface area contributed by atoms with E-state index < -0.39 is 0 Å². The molecule has 2 aromatic carbocycles. The minimum Gasteiger partial charge on any atom is -1.00 e. The molecule has 0 fully saturated rings. The molecule has 0 atom stereocenters. The number of thiocarbonyl (C=S) groups is 1. The average molecular weight is 388 g/mol. The molecule has 0 spiro atoms. The van der Waals surface area contributed by atoms with Crippen LogP contribution in [0.4, 0.5) is 0 Å². The number of hydrogen-bond acceptors (Lipinski definition) is 1. The van der Waals surface area contributed by atoms with Gasteiger partial charge < -0.3 is 34.0 Å². The van der Waals surface area contributed by atoms with Gasteiger partial charge in [-0.3, -0.25) is 0 Å². The topological polar surface area (TPSA) is 0 Å². The van der Waals surface area contributed by atoms with Gasteiger partial charge >= 0.3 is 23.1 Å². The standard InChI is InChI=1S/C11H8S2.2BrH.Mg/c12-11(13)10-7-3-5-8-4-1-2-6-9(8)10;;;/h1-7H,(H,12,13);2*1H;/q;;;+2/p-2. The van der Waals surface area contributed by atoms with Crippen LogP contribution >= 0.6 is 24.8 Å². The second-order valence-corrected chi connectivity index (χ2v) is 3.99. The van der Waals surface area contributed by atoms with Gasteiger partial charge in [-0.1, -0.05) is 54.7 Å². The van der Waals surface area contributed by atoms with E-state index in [1.165, 1.54) is 10.8 Å². The van der Waals surface area contributed by atoms with E-state index in [0.29, 0.717) is 4.20 Å². The molecule has 0 radical (unpaired) electrons. The van der Waals surface area contributed by atoms with Gasteiger partial charge in [0.1, 0.15) is 0 Å². The molecule has 0 aliphatic heterocycles. The molecule has 0 saturated heterocycles. The van der Waals surface area contributed by atoms with Crippen LogP contribution in [-0.2, 0) is 0 Å². The SMILES string of the molecule is S=C(S)c1cccc2ccccc12.[Br-].[Br-].[Mg+2]. The van der Waals surface area contributed by atoms with E-state index in [1.54, 1.807) is 0 Å². The Bertz CT molecular complexity index is 469. The van der Waals surface area contributed by atoms with Gasteiger partial charge in [-0.15, -0.1) is 12.6 Å². The van der Waals surface area contributed by atoms with Crippen molar-refractivity contribution < 1.29 is 34.0 Å². The Morgan fingerprint density at radius 3 is 2.12 bits per heavy atom. The number of thiol groups is 1. The van der Waals surface area contributed by atoms with E-state index in [9.17, 15) is 0 Å². The van der Waals surface area contributed by atoms with Gasteiger partial charge in [0, 0.05) is 5.56 Å². The smallest absolute Gasteiger partial charge is 1.00 e. The maximum atomic E-state index is 5.05. The number of halogens is 2. The fourth-order valence-electron chi connectivity index (χ4n) is 1.41. The van der Waals surface area contributed by atoms with Gasteiger partial charge in [0.25, 0.3) is 0 Å². The quantitative estimate of drug-likeness (QED) is 0.310. The molecule has 0 bridgehead atoms. The van der Waals surface area contributed by atoms with Crippen molar-refractivity contribution in [2.75, 3.05) is 0 Å². The zero-order valence-electron chi connectivity index (χ0n) is 8.36. The Hall–Kier alpha value is 0.866. The summed E-state index contributed by atoms with van der Waals surface area (Å²) in [5.41, 5.74) is 1.04. The van der Waals surface area contributed by atoms with E-state index in [-0.39, 0.29) is 57.0 Å². The van der Waals surface area contributed by atoms with Crippen molar-refractivity contribution >= 4 is 62.9 Å². The molecule has 0 amide bonds. The average Bonchev–Trinajstić information content (AvgIpc) is 2.17. The van der Waals surface area contributed by atoms with Gasteiger partial charge in [0.15, 0.2) is 0 Å². The van der Waals surface area contributed by atoms with Crippen LogP contribution in [0.25, 0.3) is 10.8 Å². The fourth-order valence-corrected chi connectivity index (χ4v) is 1.78. The Kier molecular flexibility index (Phi) is 10.7. The first-order valence-corrected chi connectivity index (χ1v) is 4.85. The van der Waals surface area contributed by atoms with Crippen LogP contribution in [-0.4, -0.2) is 27.2 Å². The van der Waals surface area contributed by atoms with Crippen LogP contribution in [0.5, 0.6) is 0 Å². The molecule has 2 rings (SSSR count). The Balaban J connectivity index is 0. The molecule has 80 valence electrons. The third kappa shape index (κ3) is 4.27. The van der Waals surface area contributed by atoms with E-state index in [4.69, 9.17) is 12.2 Å². The molecule has 0 unspecified atom stereocenters. The minimum atomic E-state index is 0. The number of hydrogen-bond donors (Lipinski definition) is 1. The molecule has 0 aliphatic rings. The number of fused-ring (bicyclic) bond motifs is 1. The van der Waals surface area contributed by atoms with Crippen LogP contribution in [0.3, 0.4) is 0 Å². The van der Waals surface area contributed by atoms with Crippen molar-refractivity contribution in [2.45, 2.75) is 0 Å². The first kappa shape index (κ1) is 19.2. The van der Waals surface area contributed by atoms with E-state index in [1.807, 2.05) is 24.3 Å². The van der Waals surface area contributed by atoms with Crippen molar-refractivity contribution in [3.05, 3.63) is 48.0 Å². The molecule has 5 heteroatoms. The van der Waals surface area contributed by atoms with Gasteiger partial charge in [-0.2, -0.15) is 0 Å². The monoisotopic (exact) mass is 386 g/mol. The zero-order chi connectivity index (χ0) is 9.26. The summed E-state index contributed by atoms with van der Waals surface area (Å²) in [5.74, 6) is 0. The van der Waals surface area contributed by atoms with Crippen LogP contribution in [0.15, 0.2) is 42.5 Å². The molecule has 2 aromatic rings. The largest absolute Gasteiger partial charge is 2.00 e. The summed E-state index contributed by atoms with van der Waals surface area (Å²) in [6.07, 6.45) is 0. The maximum Gasteiger partial charge on any atom is 2.00 e. The fraction of sp³-hybridized carbons (Fsp3) is 0. The van der Waals surface area contributed by atoms with Gasteiger partial charge in [-0.25, -0.2) is 0 Å². The summed E-state index contributed by atoms with van der Waals surface area (Å²) in [6.45, 7) is 0. The summed E-state index contributed by atoms with van der Waals surface area (Å²) in [5, 5.41) is 2.38. The molecule has 16 heavy (non-hydrogen) atoms. The van der Waals surface area contributed by atoms with Crippen LogP contribution < -0.4 is 34.0 Å². The summed E-state index contributed by atoms with van der Waals surface area (Å²) >= 11 is 9.25. The van der Waals surface area contributed by atoms with Crippen LogP contribution in [0.1, 0.15) is 5.56 Å². The zero-order valence-corrected chi connectivity index (χ0v) is 14.7. The Morgan fingerprint density at radius 1 is 0.938 bits per heavy atom. The van der Waals surface area contributed by atoms with Gasteiger partial charge in [0.2, 0.25) is 0 Å². The van der Waals surface area contributed by atoms with E-state index in [2.05, 4.69) is 30.8 Å². The van der Waals surface area contributed by atoms with E-state index in [0.717, 1.165) is 5.56 Å². The number of rotatable bonds is 1. The maximum absolute atomic E-state index is 5.05. The van der Waals surface area contributed by atoms with Gasteiger partial charge in [-0.05, 0) is 10.8 Å². The second kappa shape index (κ2) is 8.88. The Morgan fingerprint density at radius 2 is 1.50 bits per heavy atom. The van der Waals surface area contributed by atoms with Crippen molar-refractivity contribution in [3.8, 4) is 0 Å². The normalized spacial score (nSPS) is 8.31. The molecular formula is C11H8Br2MgS2. The van der Waals surface area contributed by atoms with Crippen molar-refractivity contribution in [1.82, 2.24) is 0 Å². The molecule has 0 heterocycles. The Labute approximate surface area is 143 Å². The first-order chi connectivity index (χ1) is 6.29. The van der Waals surface area contributed by atoms with Gasteiger partial charge in [0.05, 0.1) is 4.20 Å². The van der Waals surface area contributed by atoms with Crippen LogP contribution in [0, 0.1) is 0 Å². The minimum absolute atomic E-state index is 0. The van der Waals surface area contributed by atoms with E-state index >= 15 is 0 Å². The molecule has 0 saturated carbocycles. The predicted molar refractivity (Wildman–Crippen MR) is 70.4 cm³/mol. The first-order valence-electron chi connectivity index (χ1n) is 4.00. The van der Waals surface area contributed by atoms with Crippen molar-refractivity contribution in [3.63, 3.8) is 0 Å². The summed E-state index contributed by atoms with van der Waals surface area (Å²) in [4.78, 5) is 0. The second-order valence-electron chi connectivity index (χ2n) is 2.83. The summed E-state index contributed by atoms with van der Waals surface area (Å²) < 4.78 is 0.650. The number of benzene rings is 2. The molecule has 0 N–H and O–H groups in total. The van der Waals surface area contributed by atoms with Crippen LogP contribution in [0.2, 0.25) is 0 Å².